The molecule has 0 radical (unpaired) electrons. The molecule has 0 aliphatic carbocycles. The summed E-state index contributed by atoms with van der Waals surface area (Å²) in [6.45, 7) is 6.08. The van der Waals surface area contributed by atoms with Crippen LogP contribution in [0.2, 0.25) is 0 Å². The Hall–Kier alpha value is -0.680. The summed E-state index contributed by atoms with van der Waals surface area (Å²) in [5, 5.41) is 0. The first-order valence-electron chi connectivity index (χ1n) is 7.41. The minimum Gasteiger partial charge on any atom is -0.199 e. The van der Waals surface area contributed by atoms with Crippen LogP contribution in [0.4, 0.5) is 0 Å². The van der Waals surface area contributed by atoms with E-state index in [4.69, 9.17) is 0 Å². The number of hydrogen-bond acceptors (Lipinski definition) is 3. The third-order valence-corrected chi connectivity index (χ3v) is 6.39. The van der Waals surface area contributed by atoms with Gasteiger partial charge in [-0.1, -0.05) is 39.0 Å². The topological polar surface area (TPSA) is 46.5 Å². The Balaban J connectivity index is 2.01. The second kappa shape index (κ2) is 6.39. The van der Waals surface area contributed by atoms with Crippen molar-refractivity contribution in [3.05, 3.63) is 15.3 Å². The largest absolute Gasteiger partial charge is 0.284 e. The van der Waals surface area contributed by atoms with Gasteiger partial charge in [-0.15, -0.1) is 11.3 Å². The van der Waals surface area contributed by atoms with Crippen molar-refractivity contribution in [3.63, 3.8) is 0 Å². The van der Waals surface area contributed by atoms with Crippen LogP contribution in [0.3, 0.4) is 0 Å². The van der Waals surface area contributed by atoms with Crippen LogP contribution in [0, 0.1) is 13.8 Å². The number of aryl methyl sites for hydroxylation is 2. The van der Waals surface area contributed by atoms with Crippen molar-refractivity contribution in [1.29, 1.82) is 0 Å². The summed E-state index contributed by atoms with van der Waals surface area (Å²) >= 11 is 1.57. The standard InChI is InChI=1S/C15H23NO2S2/c1-4-5-6-7-8-9-10-13-14-11(2)19-12(3)15(14)20(17,18)16-13/h4-10H2,1-3H3. The van der Waals surface area contributed by atoms with Gasteiger partial charge in [0.15, 0.2) is 0 Å². The van der Waals surface area contributed by atoms with Crippen LogP contribution >= 0.6 is 11.3 Å². The molecular formula is C15H23NO2S2. The first-order valence-corrected chi connectivity index (χ1v) is 9.67. The number of fused-ring (bicyclic) bond motifs is 1. The predicted octanol–water partition coefficient (Wildman–Crippen LogP) is 4.61. The molecule has 0 N–H and O–H groups in total. The first-order chi connectivity index (χ1) is 9.47. The Kier molecular flexibility index (Phi) is 5.02. The molecule has 0 unspecified atom stereocenters. The number of sulfonamides is 1. The predicted molar refractivity (Wildman–Crippen MR) is 85.5 cm³/mol. The highest BCUT2D eigenvalue weighted by atomic mass is 32.2. The van der Waals surface area contributed by atoms with E-state index >= 15 is 0 Å². The molecule has 0 spiro atoms. The maximum Gasteiger partial charge on any atom is 0.284 e. The monoisotopic (exact) mass is 313 g/mol. The van der Waals surface area contributed by atoms with Crippen molar-refractivity contribution in [3.8, 4) is 0 Å². The smallest absolute Gasteiger partial charge is 0.199 e. The van der Waals surface area contributed by atoms with Gasteiger partial charge in [-0.05, 0) is 26.7 Å². The summed E-state index contributed by atoms with van der Waals surface area (Å²) in [5.41, 5.74) is 1.69. The Morgan fingerprint density at radius 2 is 1.65 bits per heavy atom. The molecule has 0 bridgehead atoms. The zero-order valence-corrected chi connectivity index (χ0v) is 14.2. The van der Waals surface area contributed by atoms with Gasteiger partial charge in [0.1, 0.15) is 4.90 Å². The fraction of sp³-hybridized carbons (Fsp3) is 0.667. The van der Waals surface area contributed by atoms with Gasteiger partial charge in [-0.3, -0.25) is 0 Å². The molecule has 1 aromatic rings. The third kappa shape index (κ3) is 3.14. The molecule has 5 heteroatoms. The van der Waals surface area contributed by atoms with E-state index in [1.807, 2.05) is 13.8 Å². The molecule has 1 aromatic heterocycles. The zero-order valence-electron chi connectivity index (χ0n) is 12.5. The summed E-state index contributed by atoms with van der Waals surface area (Å²) in [4.78, 5) is 2.43. The van der Waals surface area contributed by atoms with Crippen molar-refractivity contribution < 1.29 is 8.42 Å². The van der Waals surface area contributed by atoms with E-state index in [2.05, 4.69) is 11.3 Å². The van der Waals surface area contributed by atoms with Gasteiger partial charge in [-0.25, -0.2) is 0 Å². The summed E-state index contributed by atoms with van der Waals surface area (Å²) in [6, 6.07) is 0. The average Bonchev–Trinajstić information content (AvgIpc) is 2.81. The van der Waals surface area contributed by atoms with Crippen molar-refractivity contribution in [2.45, 2.75) is 70.6 Å². The van der Waals surface area contributed by atoms with Gasteiger partial charge < -0.3 is 0 Å². The Morgan fingerprint density at radius 1 is 1.00 bits per heavy atom. The van der Waals surface area contributed by atoms with Gasteiger partial charge in [0.05, 0.1) is 5.71 Å². The number of hydrogen-bond donors (Lipinski definition) is 0. The molecule has 20 heavy (non-hydrogen) atoms. The minimum atomic E-state index is -3.42. The molecular weight excluding hydrogens is 290 g/mol. The number of rotatable bonds is 7. The molecule has 3 nitrogen and oxygen atoms in total. The van der Waals surface area contributed by atoms with Crippen LogP contribution in [-0.4, -0.2) is 14.1 Å². The fourth-order valence-corrected chi connectivity index (χ4v) is 5.73. The average molecular weight is 313 g/mol. The van der Waals surface area contributed by atoms with Crippen LogP contribution in [0.5, 0.6) is 0 Å². The quantitative estimate of drug-likeness (QED) is 0.690. The lowest BCUT2D eigenvalue weighted by Gasteiger charge is -2.02. The van der Waals surface area contributed by atoms with E-state index in [0.29, 0.717) is 4.90 Å². The van der Waals surface area contributed by atoms with Crippen molar-refractivity contribution in [1.82, 2.24) is 0 Å². The zero-order chi connectivity index (χ0) is 14.8. The van der Waals surface area contributed by atoms with Crippen LogP contribution in [0.15, 0.2) is 9.29 Å². The molecule has 0 atom stereocenters. The maximum atomic E-state index is 12.1. The maximum absolute atomic E-state index is 12.1. The van der Waals surface area contributed by atoms with Crippen LogP contribution in [-0.2, 0) is 10.0 Å². The Morgan fingerprint density at radius 3 is 2.35 bits per heavy atom. The van der Waals surface area contributed by atoms with E-state index in [1.54, 1.807) is 11.3 Å². The van der Waals surface area contributed by atoms with E-state index in [-0.39, 0.29) is 0 Å². The van der Waals surface area contributed by atoms with Gasteiger partial charge >= 0.3 is 0 Å². The van der Waals surface area contributed by atoms with Gasteiger partial charge in [0.2, 0.25) is 0 Å². The second-order valence-corrected chi connectivity index (χ2v) is 8.42. The van der Waals surface area contributed by atoms with E-state index in [9.17, 15) is 8.42 Å². The SMILES string of the molecule is CCCCCCCCC1=NS(=O)(=O)c2c(C)sc(C)c21. The number of unbranched alkanes of at least 4 members (excludes halogenated alkanes) is 5. The molecule has 2 heterocycles. The van der Waals surface area contributed by atoms with Crippen molar-refractivity contribution in [2.24, 2.45) is 4.40 Å². The van der Waals surface area contributed by atoms with Crippen molar-refractivity contribution >= 4 is 27.1 Å². The molecule has 0 aromatic carbocycles. The van der Waals surface area contributed by atoms with Crippen LogP contribution in [0.1, 0.15) is 67.2 Å². The van der Waals surface area contributed by atoms with Gasteiger partial charge in [0.25, 0.3) is 10.0 Å². The molecule has 1 aliphatic heterocycles. The van der Waals surface area contributed by atoms with Gasteiger partial charge in [-0.2, -0.15) is 12.8 Å². The summed E-state index contributed by atoms with van der Waals surface area (Å²) < 4.78 is 28.2. The van der Waals surface area contributed by atoms with Crippen molar-refractivity contribution in [2.75, 3.05) is 0 Å². The second-order valence-electron chi connectivity index (χ2n) is 5.45. The molecule has 0 fully saturated rings. The Bertz CT molecular complexity index is 612. The van der Waals surface area contributed by atoms with Crippen LogP contribution < -0.4 is 0 Å². The van der Waals surface area contributed by atoms with Crippen LogP contribution in [0.25, 0.3) is 0 Å². The molecule has 112 valence electrons. The highest BCUT2D eigenvalue weighted by Crippen LogP contribution is 2.38. The lowest BCUT2D eigenvalue weighted by molar-refractivity contribution is 0.599. The number of nitrogens with zero attached hydrogens (tertiary/aromatic N) is 1. The lowest BCUT2D eigenvalue weighted by atomic mass is 10.0. The highest BCUT2D eigenvalue weighted by Gasteiger charge is 2.33. The fourth-order valence-electron chi connectivity index (χ4n) is 2.79. The molecule has 0 saturated carbocycles. The number of thiophene rings is 1. The highest BCUT2D eigenvalue weighted by molar-refractivity contribution is 7.91. The first kappa shape index (κ1) is 15.7. The minimum absolute atomic E-state index is 0.473. The van der Waals surface area contributed by atoms with E-state index < -0.39 is 10.0 Å². The molecule has 1 aliphatic rings. The lowest BCUT2D eigenvalue weighted by Crippen LogP contribution is -1.98. The third-order valence-electron chi connectivity index (χ3n) is 3.75. The van der Waals surface area contributed by atoms with E-state index in [0.717, 1.165) is 40.3 Å². The Labute approximate surface area is 126 Å². The molecule has 2 rings (SSSR count). The van der Waals surface area contributed by atoms with E-state index in [1.165, 1.54) is 25.7 Å². The normalized spacial score (nSPS) is 16.2. The molecule has 0 amide bonds. The summed E-state index contributed by atoms with van der Waals surface area (Å²) in [5.74, 6) is 0. The van der Waals surface area contributed by atoms with Gasteiger partial charge in [0, 0.05) is 15.3 Å². The summed E-state index contributed by atoms with van der Waals surface area (Å²) in [6.07, 6.45) is 8.05. The summed E-state index contributed by atoms with van der Waals surface area (Å²) in [7, 11) is -3.42. The molecule has 0 saturated heterocycles.